The smallest absolute Gasteiger partial charge is 0.279 e. The Morgan fingerprint density at radius 3 is 2.62 bits per heavy atom. The highest BCUT2D eigenvalue weighted by molar-refractivity contribution is 7.87. The molecule has 1 fully saturated rings. The predicted molar refractivity (Wildman–Crippen MR) is 62.2 cm³/mol. The van der Waals surface area contributed by atoms with E-state index in [1.54, 1.807) is 13.8 Å². The van der Waals surface area contributed by atoms with E-state index in [2.05, 4.69) is 4.72 Å². The van der Waals surface area contributed by atoms with Gasteiger partial charge in [-0.1, -0.05) is 0 Å². The Morgan fingerprint density at radius 2 is 2.12 bits per heavy atom. The van der Waals surface area contributed by atoms with Gasteiger partial charge in [0.05, 0.1) is 0 Å². The van der Waals surface area contributed by atoms with Gasteiger partial charge in [0.2, 0.25) is 0 Å². The number of carbonyl (C=O) groups excluding carboxylic acids is 1. The quantitative estimate of drug-likeness (QED) is 0.777. The first-order chi connectivity index (χ1) is 7.33. The van der Waals surface area contributed by atoms with Crippen LogP contribution in [-0.4, -0.2) is 37.1 Å². The van der Waals surface area contributed by atoms with Gasteiger partial charge in [-0.25, -0.2) is 0 Å². The van der Waals surface area contributed by atoms with Gasteiger partial charge in [0.15, 0.2) is 0 Å². The summed E-state index contributed by atoms with van der Waals surface area (Å²) in [5.41, 5.74) is 0. The van der Waals surface area contributed by atoms with Crippen molar-refractivity contribution in [1.82, 2.24) is 9.03 Å². The summed E-state index contributed by atoms with van der Waals surface area (Å²) in [6, 6.07) is -0.280. The van der Waals surface area contributed by atoms with E-state index in [9.17, 15) is 13.2 Å². The van der Waals surface area contributed by atoms with Gasteiger partial charge in [-0.2, -0.15) is 17.4 Å². The summed E-state index contributed by atoms with van der Waals surface area (Å²) in [6.07, 6.45) is 1.93. The molecule has 0 aromatic rings. The maximum Gasteiger partial charge on any atom is 0.279 e. The lowest BCUT2D eigenvalue weighted by molar-refractivity contribution is -0.117. The minimum absolute atomic E-state index is 0.0386. The molecule has 1 atom stereocenters. The second kappa shape index (κ2) is 5.25. The van der Waals surface area contributed by atoms with Crippen LogP contribution in [0.15, 0.2) is 0 Å². The topological polar surface area (TPSA) is 66.5 Å². The Labute approximate surface area is 97.4 Å². The first kappa shape index (κ1) is 13.6. The van der Waals surface area contributed by atoms with E-state index in [-0.39, 0.29) is 17.9 Å². The summed E-state index contributed by atoms with van der Waals surface area (Å²) in [5.74, 6) is 0.0386. The minimum Gasteiger partial charge on any atom is -0.300 e. The van der Waals surface area contributed by atoms with E-state index < -0.39 is 10.2 Å². The maximum absolute atomic E-state index is 11.9. The second-order valence-corrected chi connectivity index (χ2v) is 6.25. The molecule has 0 saturated carbocycles. The summed E-state index contributed by atoms with van der Waals surface area (Å²) in [6.45, 7) is 5.58. The van der Waals surface area contributed by atoms with E-state index in [0.29, 0.717) is 13.0 Å². The van der Waals surface area contributed by atoms with Gasteiger partial charge in [0.25, 0.3) is 10.2 Å². The van der Waals surface area contributed by atoms with E-state index >= 15 is 0 Å². The first-order valence-electron chi connectivity index (χ1n) is 5.61. The third-order valence-electron chi connectivity index (χ3n) is 2.54. The molecular weight excluding hydrogens is 228 g/mol. The number of nitrogens with zero attached hydrogens (tertiary/aromatic N) is 1. The summed E-state index contributed by atoms with van der Waals surface area (Å²) in [5, 5.41) is 0. The van der Waals surface area contributed by atoms with Gasteiger partial charge >= 0.3 is 0 Å². The van der Waals surface area contributed by atoms with E-state index in [1.807, 2.05) is 0 Å². The van der Waals surface area contributed by atoms with Crippen molar-refractivity contribution in [2.75, 3.05) is 6.54 Å². The monoisotopic (exact) mass is 248 g/mol. The number of Topliss-reactive ketones (excluding diaryl/α,β-unsaturated/α-hetero) is 1. The molecule has 1 saturated heterocycles. The number of nitrogens with one attached hydrogen (secondary N) is 1. The Bertz CT molecular complexity index is 351. The Hall–Kier alpha value is -0.460. The lowest BCUT2D eigenvalue weighted by Crippen LogP contribution is -2.46. The fourth-order valence-electron chi connectivity index (χ4n) is 2.03. The largest absolute Gasteiger partial charge is 0.300 e. The fourth-order valence-corrected chi connectivity index (χ4v) is 3.70. The molecule has 0 amide bonds. The van der Waals surface area contributed by atoms with Crippen molar-refractivity contribution in [2.24, 2.45) is 0 Å². The van der Waals surface area contributed by atoms with Gasteiger partial charge in [0.1, 0.15) is 5.78 Å². The molecule has 0 bridgehead atoms. The summed E-state index contributed by atoms with van der Waals surface area (Å²) < 4.78 is 27.9. The van der Waals surface area contributed by atoms with Crippen LogP contribution in [0.3, 0.4) is 0 Å². The van der Waals surface area contributed by atoms with Crippen LogP contribution in [0.2, 0.25) is 0 Å². The van der Waals surface area contributed by atoms with Crippen LogP contribution in [0, 0.1) is 0 Å². The van der Waals surface area contributed by atoms with Crippen LogP contribution in [0.25, 0.3) is 0 Å². The molecule has 1 rings (SSSR count). The number of rotatable bonds is 5. The molecule has 5 nitrogen and oxygen atoms in total. The third-order valence-corrected chi connectivity index (χ3v) is 4.41. The summed E-state index contributed by atoms with van der Waals surface area (Å²) in [4.78, 5) is 11.1. The molecule has 0 spiro atoms. The minimum atomic E-state index is -3.42. The highest BCUT2D eigenvalue weighted by atomic mass is 32.2. The Kier molecular flexibility index (Phi) is 4.46. The van der Waals surface area contributed by atoms with Crippen LogP contribution in [-0.2, 0) is 15.0 Å². The molecule has 0 aliphatic carbocycles. The fraction of sp³-hybridized carbons (Fsp3) is 0.900. The Balaban J connectivity index is 2.74. The SMILES string of the molecule is CC(=O)CC1CCCN1S(=O)(=O)NC(C)C. The molecule has 0 aromatic heterocycles. The molecule has 94 valence electrons. The van der Waals surface area contributed by atoms with Crippen molar-refractivity contribution in [3.63, 3.8) is 0 Å². The normalized spacial score (nSPS) is 22.9. The van der Waals surface area contributed by atoms with Gasteiger partial charge in [-0.15, -0.1) is 0 Å². The molecule has 1 unspecified atom stereocenters. The van der Waals surface area contributed by atoms with Crippen LogP contribution in [0.1, 0.15) is 40.0 Å². The average Bonchev–Trinajstić information content (AvgIpc) is 2.48. The van der Waals surface area contributed by atoms with E-state index in [0.717, 1.165) is 12.8 Å². The van der Waals surface area contributed by atoms with Crippen molar-refractivity contribution >= 4 is 16.0 Å². The van der Waals surface area contributed by atoms with Gasteiger partial charge < -0.3 is 0 Å². The molecule has 6 heteroatoms. The van der Waals surface area contributed by atoms with Crippen molar-refractivity contribution in [3.8, 4) is 0 Å². The van der Waals surface area contributed by atoms with Crippen LogP contribution in [0.5, 0.6) is 0 Å². The highest BCUT2D eigenvalue weighted by Crippen LogP contribution is 2.23. The molecule has 1 heterocycles. The van der Waals surface area contributed by atoms with Crippen LogP contribution in [0.4, 0.5) is 0 Å². The van der Waals surface area contributed by atoms with Gasteiger partial charge in [-0.05, 0) is 33.6 Å². The third kappa shape index (κ3) is 3.54. The zero-order valence-corrected chi connectivity index (χ0v) is 10.9. The van der Waals surface area contributed by atoms with Gasteiger partial charge in [-0.3, -0.25) is 4.79 Å². The lowest BCUT2D eigenvalue weighted by atomic mass is 10.1. The molecule has 0 radical (unpaired) electrons. The van der Waals surface area contributed by atoms with E-state index in [1.165, 1.54) is 11.2 Å². The molecule has 16 heavy (non-hydrogen) atoms. The average molecular weight is 248 g/mol. The van der Waals surface area contributed by atoms with Crippen molar-refractivity contribution < 1.29 is 13.2 Å². The molecule has 1 N–H and O–H groups in total. The summed E-state index contributed by atoms with van der Waals surface area (Å²) in [7, 11) is -3.42. The van der Waals surface area contributed by atoms with Gasteiger partial charge in [0, 0.05) is 25.0 Å². The van der Waals surface area contributed by atoms with E-state index in [4.69, 9.17) is 0 Å². The van der Waals surface area contributed by atoms with Crippen molar-refractivity contribution in [2.45, 2.75) is 52.1 Å². The number of ketones is 1. The second-order valence-electron chi connectivity index (χ2n) is 4.59. The van der Waals surface area contributed by atoms with Crippen molar-refractivity contribution in [1.29, 1.82) is 0 Å². The predicted octanol–water partition coefficient (Wildman–Crippen LogP) is 0.673. The standard InChI is InChI=1S/C10H20N2O3S/c1-8(2)11-16(14,15)12-6-4-5-10(12)7-9(3)13/h8,10-11H,4-7H2,1-3H3. The number of hydrogen-bond donors (Lipinski definition) is 1. The lowest BCUT2D eigenvalue weighted by Gasteiger charge is -2.24. The Morgan fingerprint density at radius 1 is 1.50 bits per heavy atom. The molecule has 0 aromatic carbocycles. The molecule has 1 aliphatic rings. The zero-order valence-electron chi connectivity index (χ0n) is 10.1. The number of carbonyl (C=O) groups is 1. The van der Waals surface area contributed by atoms with Crippen molar-refractivity contribution in [3.05, 3.63) is 0 Å². The van der Waals surface area contributed by atoms with Crippen LogP contribution >= 0.6 is 0 Å². The van der Waals surface area contributed by atoms with Crippen LogP contribution < -0.4 is 4.72 Å². The molecule has 1 aliphatic heterocycles. The highest BCUT2D eigenvalue weighted by Gasteiger charge is 2.34. The first-order valence-corrected chi connectivity index (χ1v) is 7.05. The molecular formula is C10H20N2O3S. The zero-order chi connectivity index (χ0) is 12.3. The number of hydrogen-bond acceptors (Lipinski definition) is 3. The summed E-state index contributed by atoms with van der Waals surface area (Å²) >= 11 is 0. The maximum atomic E-state index is 11.9.